The molecule has 110 valence electrons. The Bertz CT molecular complexity index is 436. The molecular weight excluding hydrogens is 274 g/mol. The Morgan fingerprint density at radius 3 is 2.50 bits per heavy atom. The molecule has 0 aliphatic rings. The van der Waals surface area contributed by atoms with E-state index in [1.165, 1.54) is 7.11 Å². The number of hydrogen-bond donors (Lipinski definition) is 1. The van der Waals surface area contributed by atoms with E-state index in [-0.39, 0.29) is 11.8 Å². The first-order chi connectivity index (χ1) is 9.60. The van der Waals surface area contributed by atoms with Gasteiger partial charge in [0, 0.05) is 0 Å². The summed E-state index contributed by atoms with van der Waals surface area (Å²) in [6.45, 7) is 1.83. The molecule has 0 aromatic heterocycles. The van der Waals surface area contributed by atoms with Gasteiger partial charge in [-0.1, -0.05) is 30.3 Å². The first-order valence-corrected chi connectivity index (χ1v) is 7.91. The highest BCUT2D eigenvalue weighted by Crippen LogP contribution is 2.15. The Labute approximate surface area is 124 Å². The van der Waals surface area contributed by atoms with Gasteiger partial charge in [0.05, 0.1) is 13.0 Å². The van der Waals surface area contributed by atoms with Gasteiger partial charge < -0.3 is 10.1 Å². The van der Waals surface area contributed by atoms with Gasteiger partial charge in [0.1, 0.15) is 6.04 Å². The van der Waals surface area contributed by atoms with Gasteiger partial charge >= 0.3 is 5.97 Å². The van der Waals surface area contributed by atoms with Crippen molar-refractivity contribution in [2.75, 3.05) is 19.1 Å². The van der Waals surface area contributed by atoms with Crippen LogP contribution in [0.3, 0.4) is 0 Å². The molecule has 0 aliphatic heterocycles. The summed E-state index contributed by atoms with van der Waals surface area (Å²) in [7, 11) is 1.33. The maximum absolute atomic E-state index is 12.2. The molecule has 1 N–H and O–H groups in total. The van der Waals surface area contributed by atoms with Crippen LogP contribution in [0.15, 0.2) is 30.3 Å². The lowest BCUT2D eigenvalue weighted by Crippen LogP contribution is -2.43. The van der Waals surface area contributed by atoms with Crippen molar-refractivity contribution in [2.24, 2.45) is 0 Å². The van der Waals surface area contributed by atoms with E-state index in [2.05, 4.69) is 5.32 Å². The van der Waals surface area contributed by atoms with E-state index in [9.17, 15) is 9.59 Å². The maximum Gasteiger partial charge on any atom is 0.328 e. The number of ether oxygens (including phenoxy) is 1. The van der Waals surface area contributed by atoms with Crippen molar-refractivity contribution >= 4 is 23.6 Å². The zero-order valence-corrected chi connectivity index (χ0v) is 12.9. The molecule has 1 rings (SSSR count). The number of carbonyl (C=O) groups excluding carboxylic acids is 2. The summed E-state index contributed by atoms with van der Waals surface area (Å²) < 4.78 is 4.73. The molecule has 0 spiro atoms. The SMILES string of the molecule is COC(=O)C(CCSC)NC(=O)[C@H](C)c1ccccc1. The topological polar surface area (TPSA) is 55.4 Å². The van der Waals surface area contributed by atoms with Crippen molar-refractivity contribution in [2.45, 2.75) is 25.3 Å². The molecule has 0 fully saturated rings. The monoisotopic (exact) mass is 295 g/mol. The number of thioether (sulfide) groups is 1. The van der Waals surface area contributed by atoms with Gasteiger partial charge in [-0.25, -0.2) is 4.79 Å². The van der Waals surface area contributed by atoms with Crippen molar-refractivity contribution in [1.82, 2.24) is 5.32 Å². The molecule has 5 heteroatoms. The van der Waals surface area contributed by atoms with Gasteiger partial charge in [-0.2, -0.15) is 11.8 Å². The molecule has 0 radical (unpaired) electrons. The molecule has 20 heavy (non-hydrogen) atoms. The number of carbonyl (C=O) groups is 2. The second-order valence-electron chi connectivity index (χ2n) is 4.50. The highest BCUT2D eigenvalue weighted by atomic mass is 32.2. The van der Waals surface area contributed by atoms with Gasteiger partial charge in [-0.05, 0) is 30.9 Å². The summed E-state index contributed by atoms with van der Waals surface area (Å²) in [5, 5.41) is 2.77. The molecule has 1 aromatic rings. The van der Waals surface area contributed by atoms with Crippen LogP contribution in [-0.2, 0) is 14.3 Å². The highest BCUT2D eigenvalue weighted by Gasteiger charge is 2.24. The fraction of sp³-hybridized carbons (Fsp3) is 0.467. The van der Waals surface area contributed by atoms with Crippen LogP contribution in [0.1, 0.15) is 24.8 Å². The summed E-state index contributed by atoms with van der Waals surface area (Å²) in [6, 6.07) is 8.92. The third kappa shape index (κ3) is 4.89. The first-order valence-electron chi connectivity index (χ1n) is 6.52. The average Bonchev–Trinajstić information content (AvgIpc) is 2.50. The van der Waals surface area contributed by atoms with Crippen molar-refractivity contribution in [1.29, 1.82) is 0 Å². The highest BCUT2D eigenvalue weighted by molar-refractivity contribution is 7.98. The molecule has 0 saturated carbocycles. The van der Waals surface area contributed by atoms with Gasteiger partial charge in [0.15, 0.2) is 0 Å². The van der Waals surface area contributed by atoms with Gasteiger partial charge in [-0.3, -0.25) is 4.79 Å². The summed E-state index contributed by atoms with van der Waals surface area (Å²) in [4.78, 5) is 23.9. The second-order valence-corrected chi connectivity index (χ2v) is 5.48. The molecule has 1 unspecified atom stereocenters. The second kappa shape index (κ2) is 8.64. The largest absolute Gasteiger partial charge is 0.467 e. The van der Waals surface area contributed by atoms with E-state index in [1.807, 2.05) is 43.5 Å². The lowest BCUT2D eigenvalue weighted by molar-refractivity contribution is -0.145. The first kappa shape index (κ1) is 16.6. The van der Waals surface area contributed by atoms with Crippen molar-refractivity contribution in [3.63, 3.8) is 0 Å². The summed E-state index contributed by atoms with van der Waals surface area (Å²) in [5.74, 6) is -0.0576. The standard InChI is InChI=1S/C15H21NO3S/c1-11(12-7-5-4-6-8-12)14(17)16-13(9-10-20-3)15(18)19-2/h4-8,11,13H,9-10H2,1-3H3,(H,16,17)/t11-,13?/m1/s1. The fourth-order valence-corrected chi connectivity index (χ4v) is 2.29. The average molecular weight is 295 g/mol. The minimum atomic E-state index is -0.578. The molecule has 4 nitrogen and oxygen atoms in total. The minimum Gasteiger partial charge on any atom is -0.467 e. The number of benzene rings is 1. The third-order valence-electron chi connectivity index (χ3n) is 3.11. The van der Waals surface area contributed by atoms with E-state index in [1.54, 1.807) is 11.8 Å². The smallest absolute Gasteiger partial charge is 0.328 e. The zero-order valence-electron chi connectivity index (χ0n) is 12.1. The maximum atomic E-state index is 12.2. The van der Waals surface area contributed by atoms with Gasteiger partial charge in [0.25, 0.3) is 0 Å². The van der Waals surface area contributed by atoms with Crippen LogP contribution in [0.2, 0.25) is 0 Å². The Kier molecular flexibility index (Phi) is 7.15. The third-order valence-corrected chi connectivity index (χ3v) is 3.75. The van der Waals surface area contributed by atoms with E-state index >= 15 is 0 Å². The number of esters is 1. The summed E-state index contributed by atoms with van der Waals surface area (Å²) in [6.07, 6.45) is 2.53. The van der Waals surface area contributed by atoms with E-state index < -0.39 is 12.0 Å². The lowest BCUT2D eigenvalue weighted by atomic mass is 10.00. The molecular formula is C15H21NO3S. The molecule has 0 saturated heterocycles. The molecule has 0 heterocycles. The van der Waals surface area contributed by atoms with Gasteiger partial charge in [0.2, 0.25) is 5.91 Å². The predicted molar refractivity (Wildman–Crippen MR) is 81.8 cm³/mol. The Morgan fingerprint density at radius 1 is 1.30 bits per heavy atom. The molecule has 1 amide bonds. The van der Waals surface area contributed by atoms with Crippen LogP contribution in [0.25, 0.3) is 0 Å². The van der Waals surface area contributed by atoms with E-state index in [0.29, 0.717) is 6.42 Å². The Morgan fingerprint density at radius 2 is 1.95 bits per heavy atom. The number of amides is 1. The fourth-order valence-electron chi connectivity index (χ4n) is 1.82. The Hall–Kier alpha value is -1.49. The normalized spacial score (nSPS) is 13.3. The van der Waals surface area contributed by atoms with E-state index in [0.717, 1.165) is 11.3 Å². The van der Waals surface area contributed by atoms with Crippen molar-refractivity contribution in [3.05, 3.63) is 35.9 Å². The van der Waals surface area contributed by atoms with Crippen LogP contribution >= 0.6 is 11.8 Å². The van der Waals surface area contributed by atoms with Crippen LogP contribution < -0.4 is 5.32 Å². The quantitative estimate of drug-likeness (QED) is 0.784. The van der Waals surface area contributed by atoms with Crippen LogP contribution in [0.5, 0.6) is 0 Å². The predicted octanol–water partition coefficient (Wildman–Crippen LogP) is 2.20. The lowest BCUT2D eigenvalue weighted by Gasteiger charge is -2.19. The number of hydrogen-bond acceptors (Lipinski definition) is 4. The number of methoxy groups -OCH3 is 1. The molecule has 0 bridgehead atoms. The molecule has 0 aliphatic carbocycles. The Balaban J connectivity index is 2.67. The van der Waals surface area contributed by atoms with E-state index in [4.69, 9.17) is 4.74 Å². The van der Waals surface area contributed by atoms with Gasteiger partial charge in [-0.15, -0.1) is 0 Å². The van der Waals surface area contributed by atoms with Crippen LogP contribution in [-0.4, -0.2) is 37.0 Å². The van der Waals surface area contributed by atoms with Crippen LogP contribution in [0.4, 0.5) is 0 Å². The zero-order chi connectivity index (χ0) is 15.0. The molecule has 2 atom stereocenters. The minimum absolute atomic E-state index is 0.160. The van der Waals surface area contributed by atoms with Crippen LogP contribution in [0, 0.1) is 0 Å². The molecule has 1 aromatic carbocycles. The number of rotatable bonds is 7. The van der Waals surface area contributed by atoms with Crippen molar-refractivity contribution < 1.29 is 14.3 Å². The summed E-state index contributed by atoms with van der Waals surface area (Å²) >= 11 is 1.63. The van der Waals surface area contributed by atoms with Crippen molar-refractivity contribution in [3.8, 4) is 0 Å². The number of nitrogens with one attached hydrogen (secondary N) is 1. The summed E-state index contributed by atoms with van der Waals surface area (Å²) in [5.41, 5.74) is 0.929.